The molecular formula is C19H32OSi. The zero-order valence-corrected chi connectivity index (χ0v) is 15.6. The van der Waals surface area contributed by atoms with E-state index in [0.29, 0.717) is 23.7 Å². The fraction of sp³-hybridized carbons (Fsp3) is 0.684. The minimum atomic E-state index is -1.22. The maximum atomic E-state index is 11.5. The Morgan fingerprint density at radius 2 is 1.76 bits per heavy atom. The van der Waals surface area contributed by atoms with Gasteiger partial charge in [-0.15, -0.1) is 0 Å². The van der Waals surface area contributed by atoms with Crippen molar-refractivity contribution in [2.45, 2.75) is 64.4 Å². The molecule has 0 saturated heterocycles. The van der Waals surface area contributed by atoms with Crippen LogP contribution in [0.4, 0.5) is 0 Å². The summed E-state index contributed by atoms with van der Waals surface area (Å²) in [6.07, 6.45) is 1.12. The maximum Gasteiger partial charge on any atom is 0.0727 e. The van der Waals surface area contributed by atoms with Crippen molar-refractivity contribution in [2.24, 2.45) is 17.8 Å². The smallest absolute Gasteiger partial charge is 0.0727 e. The second-order valence-corrected chi connectivity index (χ2v) is 14.1. The Balaban J connectivity index is 2.41. The molecule has 0 amide bonds. The van der Waals surface area contributed by atoms with Crippen LogP contribution in [0.2, 0.25) is 25.7 Å². The quantitative estimate of drug-likeness (QED) is 0.763. The van der Waals surface area contributed by atoms with Gasteiger partial charge in [0.25, 0.3) is 0 Å². The lowest BCUT2D eigenvalue weighted by atomic mass is 9.75. The van der Waals surface area contributed by atoms with Crippen LogP contribution in [-0.2, 0) is 0 Å². The molecule has 118 valence electrons. The highest BCUT2D eigenvalue weighted by atomic mass is 28.3. The van der Waals surface area contributed by atoms with Crippen LogP contribution >= 0.6 is 0 Å². The molecule has 0 spiro atoms. The Bertz CT molecular complexity index is 462. The van der Waals surface area contributed by atoms with Gasteiger partial charge in [0.2, 0.25) is 0 Å². The van der Waals surface area contributed by atoms with Gasteiger partial charge in [0, 0.05) is 8.07 Å². The molecule has 1 aromatic rings. The average molecular weight is 305 g/mol. The Morgan fingerprint density at radius 3 is 2.24 bits per heavy atom. The average Bonchev–Trinajstić information content (AvgIpc) is 2.64. The number of aliphatic hydroxyl groups is 1. The molecule has 0 heterocycles. The first-order chi connectivity index (χ1) is 9.66. The van der Waals surface area contributed by atoms with Crippen molar-refractivity contribution in [3.8, 4) is 0 Å². The Labute approximate surface area is 131 Å². The van der Waals surface area contributed by atoms with Gasteiger partial charge in [0.05, 0.1) is 5.60 Å². The number of rotatable bonds is 4. The molecule has 0 bridgehead atoms. The summed E-state index contributed by atoms with van der Waals surface area (Å²) in [7, 11) is -1.22. The third kappa shape index (κ3) is 3.27. The number of hydrogen-bond donors (Lipinski definition) is 1. The topological polar surface area (TPSA) is 20.2 Å². The van der Waals surface area contributed by atoms with E-state index in [-0.39, 0.29) is 0 Å². The second kappa shape index (κ2) is 5.89. The Morgan fingerprint density at radius 1 is 1.19 bits per heavy atom. The van der Waals surface area contributed by atoms with Gasteiger partial charge in [-0.05, 0) is 35.7 Å². The highest BCUT2D eigenvalue weighted by Gasteiger charge is 2.54. The van der Waals surface area contributed by atoms with Crippen molar-refractivity contribution in [1.29, 1.82) is 0 Å². The fourth-order valence-electron chi connectivity index (χ4n) is 4.45. The summed E-state index contributed by atoms with van der Waals surface area (Å²) in [6.45, 7) is 13.9. The standard InChI is InChI=1S/C19H32OSi/c1-14(2)19(20)15(3)12-17(16-10-8-7-9-11-16)18(19)13-21(4,5)6/h7-11,14-15,17-18,20H,12-13H2,1-6H3/t15-,17-,18+,19+/m0/s1. The van der Waals surface area contributed by atoms with Crippen LogP contribution < -0.4 is 0 Å². The largest absolute Gasteiger partial charge is 0.389 e. The van der Waals surface area contributed by atoms with Gasteiger partial charge < -0.3 is 5.11 Å². The molecule has 1 aliphatic rings. The van der Waals surface area contributed by atoms with E-state index in [1.54, 1.807) is 0 Å². The predicted octanol–water partition coefficient (Wildman–Crippen LogP) is 5.15. The predicted molar refractivity (Wildman–Crippen MR) is 94.4 cm³/mol. The molecule has 1 fully saturated rings. The summed E-state index contributed by atoms with van der Waals surface area (Å²) < 4.78 is 0. The Kier molecular flexibility index (Phi) is 4.70. The summed E-state index contributed by atoms with van der Waals surface area (Å²) in [5.41, 5.74) is 0.907. The summed E-state index contributed by atoms with van der Waals surface area (Å²) in [5.74, 6) is 1.62. The van der Waals surface area contributed by atoms with Gasteiger partial charge >= 0.3 is 0 Å². The van der Waals surface area contributed by atoms with Crippen LogP contribution in [0.1, 0.15) is 38.7 Å². The van der Waals surface area contributed by atoms with Crippen LogP contribution in [0.15, 0.2) is 30.3 Å². The van der Waals surface area contributed by atoms with Crippen molar-refractivity contribution in [3.05, 3.63) is 35.9 Å². The van der Waals surface area contributed by atoms with Crippen LogP contribution in [0, 0.1) is 17.8 Å². The molecule has 1 aromatic carbocycles. The summed E-state index contributed by atoms with van der Waals surface area (Å²) >= 11 is 0. The first kappa shape index (κ1) is 16.8. The van der Waals surface area contributed by atoms with Crippen molar-refractivity contribution in [3.63, 3.8) is 0 Å². The normalized spacial score (nSPS) is 33.6. The van der Waals surface area contributed by atoms with Crippen LogP contribution in [0.3, 0.4) is 0 Å². The highest BCUT2D eigenvalue weighted by Crippen LogP contribution is 2.55. The van der Waals surface area contributed by atoms with E-state index in [1.165, 1.54) is 11.6 Å². The molecule has 1 N–H and O–H groups in total. The minimum absolute atomic E-state index is 0.322. The summed E-state index contributed by atoms with van der Waals surface area (Å²) in [5, 5.41) is 11.5. The zero-order chi connectivity index (χ0) is 15.8. The molecule has 0 aliphatic heterocycles. The Hall–Kier alpha value is -0.603. The third-order valence-electron chi connectivity index (χ3n) is 5.46. The van der Waals surface area contributed by atoms with Crippen LogP contribution in [0.25, 0.3) is 0 Å². The van der Waals surface area contributed by atoms with E-state index in [1.807, 2.05) is 0 Å². The van der Waals surface area contributed by atoms with Gasteiger partial charge in [-0.2, -0.15) is 0 Å². The maximum absolute atomic E-state index is 11.5. The third-order valence-corrected chi connectivity index (χ3v) is 7.13. The summed E-state index contributed by atoms with van der Waals surface area (Å²) in [6, 6.07) is 12.1. The van der Waals surface area contributed by atoms with Gasteiger partial charge in [-0.3, -0.25) is 0 Å². The van der Waals surface area contributed by atoms with E-state index in [0.717, 1.165) is 6.42 Å². The van der Waals surface area contributed by atoms with Gasteiger partial charge in [-0.1, -0.05) is 76.8 Å². The molecule has 0 radical (unpaired) electrons. The molecule has 0 aromatic heterocycles. The van der Waals surface area contributed by atoms with E-state index in [9.17, 15) is 5.11 Å². The number of hydrogen-bond acceptors (Lipinski definition) is 1. The van der Waals surface area contributed by atoms with E-state index in [2.05, 4.69) is 70.7 Å². The minimum Gasteiger partial charge on any atom is -0.389 e. The first-order valence-electron chi connectivity index (χ1n) is 8.43. The fourth-order valence-corrected chi connectivity index (χ4v) is 6.38. The molecular weight excluding hydrogens is 272 g/mol. The monoisotopic (exact) mass is 304 g/mol. The van der Waals surface area contributed by atoms with Crippen LogP contribution in [-0.4, -0.2) is 18.8 Å². The first-order valence-corrected chi connectivity index (χ1v) is 12.1. The van der Waals surface area contributed by atoms with E-state index in [4.69, 9.17) is 0 Å². The molecule has 0 unspecified atom stereocenters. The SMILES string of the molecule is CC(C)[C@]1(O)[C@H](C[Si](C)(C)C)[C@H](c2ccccc2)C[C@@H]1C. The lowest BCUT2D eigenvalue weighted by molar-refractivity contribution is -0.0674. The second-order valence-electron chi connectivity index (χ2n) is 8.57. The highest BCUT2D eigenvalue weighted by molar-refractivity contribution is 6.76. The molecule has 2 heteroatoms. The molecule has 2 rings (SSSR count). The van der Waals surface area contributed by atoms with Crippen molar-refractivity contribution in [1.82, 2.24) is 0 Å². The van der Waals surface area contributed by atoms with Gasteiger partial charge in [0.15, 0.2) is 0 Å². The number of benzene rings is 1. The van der Waals surface area contributed by atoms with Crippen molar-refractivity contribution >= 4 is 8.07 Å². The molecule has 21 heavy (non-hydrogen) atoms. The summed E-state index contributed by atoms with van der Waals surface area (Å²) in [4.78, 5) is 0. The van der Waals surface area contributed by atoms with Gasteiger partial charge in [-0.25, -0.2) is 0 Å². The molecule has 1 saturated carbocycles. The lowest BCUT2D eigenvalue weighted by Gasteiger charge is -2.41. The van der Waals surface area contributed by atoms with Crippen LogP contribution in [0.5, 0.6) is 0 Å². The van der Waals surface area contributed by atoms with Gasteiger partial charge in [0.1, 0.15) is 0 Å². The van der Waals surface area contributed by atoms with Crippen molar-refractivity contribution in [2.75, 3.05) is 0 Å². The lowest BCUT2D eigenvalue weighted by Crippen LogP contribution is -2.47. The van der Waals surface area contributed by atoms with E-state index >= 15 is 0 Å². The zero-order valence-electron chi connectivity index (χ0n) is 14.6. The molecule has 1 aliphatic carbocycles. The van der Waals surface area contributed by atoms with E-state index < -0.39 is 13.7 Å². The van der Waals surface area contributed by atoms with Crippen molar-refractivity contribution < 1.29 is 5.11 Å². The molecule has 1 nitrogen and oxygen atoms in total. The molecule has 4 atom stereocenters.